The number of nitrogens with zero attached hydrogens (tertiary/aromatic N) is 1. The van der Waals surface area contributed by atoms with Crippen LogP contribution in [0.2, 0.25) is 0 Å². The summed E-state index contributed by atoms with van der Waals surface area (Å²) in [6.45, 7) is 0.131. The van der Waals surface area contributed by atoms with E-state index in [9.17, 15) is 34.2 Å². The summed E-state index contributed by atoms with van der Waals surface area (Å²) in [7, 11) is 0. The number of carbonyl (C=O) groups is 5. The molecule has 232 valence electrons. The van der Waals surface area contributed by atoms with E-state index in [1.165, 1.54) is 24.3 Å². The molecule has 0 radical (unpaired) electrons. The quantitative estimate of drug-likeness (QED) is 0.0547. The second-order valence-corrected chi connectivity index (χ2v) is 9.81. The fourth-order valence-electron chi connectivity index (χ4n) is 4.03. The van der Waals surface area contributed by atoms with Crippen molar-refractivity contribution >= 4 is 35.6 Å². The van der Waals surface area contributed by atoms with Crippen molar-refractivity contribution in [1.29, 1.82) is 0 Å². The van der Waals surface area contributed by atoms with E-state index in [-0.39, 0.29) is 43.9 Å². The number of guanidine groups is 1. The van der Waals surface area contributed by atoms with Crippen molar-refractivity contribution in [2.24, 2.45) is 27.9 Å². The number of carbonyl (C=O) groups excluding carboxylic acids is 4. The molecule has 2 rings (SSSR count). The van der Waals surface area contributed by atoms with Gasteiger partial charge in [-0.15, -0.1) is 0 Å². The molecular formula is C28H38N8O7. The van der Waals surface area contributed by atoms with E-state index in [0.29, 0.717) is 11.1 Å². The summed E-state index contributed by atoms with van der Waals surface area (Å²) >= 11 is 0. The molecule has 4 unspecified atom stereocenters. The number of hydrogen-bond acceptors (Lipinski definition) is 8. The number of aliphatic carboxylic acids is 1. The molecule has 15 heteroatoms. The maximum absolute atomic E-state index is 13.4. The molecule has 0 saturated carbocycles. The van der Waals surface area contributed by atoms with Crippen molar-refractivity contribution in [3.8, 4) is 5.75 Å². The van der Waals surface area contributed by atoms with Crippen LogP contribution in [-0.2, 0) is 36.8 Å². The number of hydrogen-bond donors (Lipinski definition) is 9. The maximum atomic E-state index is 13.4. The van der Waals surface area contributed by atoms with Gasteiger partial charge in [0.1, 0.15) is 23.9 Å². The van der Waals surface area contributed by atoms with Crippen LogP contribution >= 0.6 is 0 Å². The maximum Gasteiger partial charge on any atom is 0.326 e. The van der Waals surface area contributed by atoms with Crippen LogP contribution in [0.25, 0.3) is 0 Å². The molecule has 0 aromatic heterocycles. The number of amides is 4. The molecule has 0 aliphatic carbocycles. The molecular weight excluding hydrogens is 560 g/mol. The Morgan fingerprint density at radius 1 is 0.744 bits per heavy atom. The molecule has 0 aliphatic rings. The van der Waals surface area contributed by atoms with E-state index >= 15 is 0 Å². The molecule has 0 bridgehead atoms. The first kappa shape index (κ1) is 34.0. The van der Waals surface area contributed by atoms with Crippen LogP contribution < -0.4 is 38.9 Å². The van der Waals surface area contributed by atoms with Crippen molar-refractivity contribution < 1.29 is 34.2 Å². The van der Waals surface area contributed by atoms with Crippen molar-refractivity contribution in [2.75, 3.05) is 6.54 Å². The largest absolute Gasteiger partial charge is 0.508 e. The summed E-state index contributed by atoms with van der Waals surface area (Å²) in [4.78, 5) is 66.5. The molecule has 0 spiro atoms. The first-order valence-corrected chi connectivity index (χ1v) is 13.4. The van der Waals surface area contributed by atoms with E-state index in [1.54, 1.807) is 30.3 Å². The lowest BCUT2D eigenvalue weighted by Crippen LogP contribution is -2.58. The molecule has 0 aliphatic heterocycles. The van der Waals surface area contributed by atoms with Crippen LogP contribution in [0.3, 0.4) is 0 Å². The van der Waals surface area contributed by atoms with E-state index in [1.807, 2.05) is 0 Å². The first-order chi connectivity index (χ1) is 20.3. The van der Waals surface area contributed by atoms with E-state index in [0.717, 1.165) is 0 Å². The molecule has 4 amide bonds. The lowest BCUT2D eigenvalue weighted by Gasteiger charge is -2.25. The Hall–Kier alpha value is -5.18. The van der Waals surface area contributed by atoms with Gasteiger partial charge in [0.2, 0.25) is 23.6 Å². The molecule has 2 aromatic rings. The third-order valence-electron chi connectivity index (χ3n) is 6.24. The number of carboxylic acids is 1. The molecule has 4 atom stereocenters. The van der Waals surface area contributed by atoms with E-state index in [2.05, 4.69) is 20.9 Å². The number of nitrogens with one attached hydrogen (secondary N) is 3. The van der Waals surface area contributed by atoms with Gasteiger partial charge >= 0.3 is 5.97 Å². The van der Waals surface area contributed by atoms with Crippen LogP contribution in [0.1, 0.15) is 30.4 Å². The Morgan fingerprint density at radius 3 is 1.86 bits per heavy atom. The number of aromatic hydroxyl groups is 1. The highest BCUT2D eigenvalue weighted by molar-refractivity contribution is 5.95. The van der Waals surface area contributed by atoms with Crippen LogP contribution in [-0.4, -0.2) is 76.5 Å². The SMILES string of the molecule is NC(=O)CC(N)C(=O)NC(CCCN=C(N)N)C(=O)NC(Cc1ccc(O)cc1)C(=O)NC(Cc1ccccc1)C(=O)O. The first-order valence-electron chi connectivity index (χ1n) is 13.4. The predicted molar refractivity (Wildman–Crippen MR) is 157 cm³/mol. The number of carboxylic acid groups (broad SMARTS) is 1. The molecule has 2 aromatic carbocycles. The van der Waals surface area contributed by atoms with Gasteiger partial charge in [0, 0.05) is 19.4 Å². The summed E-state index contributed by atoms with van der Waals surface area (Å²) < 4.78 is 0. The lowest BCUT2D eigenvalue weighted by molar-refractivity contribution is -0.142. The standard InChI is InChI=1S/C28H38N8O7/c29-19(15-23(30)38)24(39)34-20(7-4-12-33-28(31)32)25(40)35-21(13-17-8-10-18(37)11-9-17)26(41)36-22(27(42)43)14-16-5-2-1-3-6-16/h1-3,5-6,8-11,19-22,37H,4,7,12-15,29H2,(H2,30,38)(H,34,39)(H,35,40)(H,36,41)(H,42,43)(H4,31,32,33). The number of nitrogens with two attached hydrogens (primary N) is 4. The predicted octanol–water partition coefficient (Wildman–Crippen LogP) is -2.03. The van der Waals surface area contributed by atoms with Gasteiger partial charge in [-0.05, 0) is 36.1 Å². The van der Waals surface area contributed by atoms with Gasteiger partial charge in [0.15, 0.2) is 5.96 Å². The van der Waals surface area contributed by atoms with Crippen LogP contribution in [0.5, 0.6) is 5.75 Å². The molecule has 0 heterocycles. The monoisotopic (exact) mass is 598 g/mol. The fourth-order valence-corrected chi connectivity index (χ4v) is 4.03. The van der Waals surface area contributed by atoms with Gasteiger partial charge in [-0.1, -0.05) is 42.5 Å². The molecule has 13 N–H and O–H groups in total. The topological polar surface area (TPSA) is 278 Å². The van der Waals surface area contributed by atoms with Gasteiger partial charge in [0.25, 0.3) is 0 Å². The van der Waals surface area contributed by atoms with E-state index in [4.69, 9.17) is 22.9 Å². The average Bonchev–Trinajstić information content (AvgIpc) is 2.94. The third kappa shape index (κ3) is 12.5. The third-order valence-corrected chi connectivity index (χ3v) is 6.24. The second kappa shape index (κ2) is 16.9. The minimum atomic E-state index is -1.32. The zero-order valence-electron chi connectivity index (χ0n) is 23.4. The van der Waals surface area contributed by atoms with Crippen LogP contribution in [0.4, 0.5) is 0 Å². The van der Waals surface area contributed by atoms with Crippen LogP contribution in [0, 0.1) is 0 Å². The van der Waals surface area contributed by atoms with Gasteiger partial charge in [-0.3, -0.25) is 24.2 Å². The smallest absolute Gasteiger partial charge is 0.326 e. The van der Waals surface area contributed by atoms with E-state index < -0.39 is 60.2 Å². The average molecular weight is 599 g/mol. The Morgan fingerprint density at radius 2 is 1.28 bits per heavy atom. The highest BCUT2D eigenvalue weighted by atomic mass is 16.4. The molecule has 0 saturated heterocycles. The highest BCUT2D eigenvalue weighted by Crippen LogP contribution is 2.13. The van der Waals surface area contributed by atoms with Gasteiger partial charge in [0.05, 0.1) is 12.5 Å². The number of phenolic OH excluding ortho intramolecular Hbond substituents is 1. The highest BCUT2D eigenvalue weighted by Gasteiger charge is 2.31. The number of rotatable bonds is 17. The van der Waals surface area contributed by atoms with Crippen molar-refractivity contribution in [1.82, 2.24) is 16.0 Å². The van der Waals surface area contributed by atoms with Crippen molar-refractivity contribution in [3.05, 3.63) is 65.7 Å². The lowest BCUT2D eigenvalue weighted by atomic mass is 10.0. The van der Waals surface area contributed by atoms with Crippen molar-refractivity contribution in [2.45, 2.75) is 56.3 Å². The zero-order valence-corrected chi connectivity index (χ0v) is 23.4. The Balaban J connectivity index is 2.29. The minimum absolute atomic E-state index is 0.0109. The molecule has 43 heavy (non-hydrogen) atoms. The van der Waals surface area contributed by atoms with Gasteiger partial charge in [-0.25, -0.2) is 4.79 Å². The number of phenols is 1. The molecule has 15 nitrogen and oxygen atoms in total. The summed E-state index contributed by atoms with van der Waals surface area (Å²) in [5.41, 5.74) is 22.8. The number of benzene rings is 2. The van der Waals surface area contributed by atoms with Crippen molar-refractivity contribution in [3.63, 3.8) is 0 Å². The number of aliphatic imine (C=N–C) groups is 1. The summed E-state index contributed by atoms with van der Waals surface area (Å²) in [5, 5.41) is 26.9. The summed E-state index contributed by atoms with van der Waals surface area (Å²) in [6, 6.07) is 9.41. The Bertz CT molecular complexity index is 1280. The van der Waals surface area contributed by atoms with Gasteiger partial charge in [-0.2, -0.15) is 0 Å². The fraction of sp³-hybridized carbons (Fsp3) is 0.357. The molecule has 0 fully saturated rings. The number of primary amides is 1. The Labute approximate surface area is 248 Å². The summed E-state index contributed by atoms with van der Waals surface area (Å²) in [5.74, 6) is -4.67. The second-order valence-electron chi connectivity index (χ2n) is 9.81. The zero-order chi connectivity index (χ0) is 31.9. The Kier molecular flexibility index (Phi) is 13.4. The minimum Gasteiger partial charge on any atom is -0.508 e. The van der Waals surface area contributed by atoms with Crippen LogP contribution in [0.15, 0.2) is 59.6 Å². The van der Waals surface area contributed by atoms with Gasteiger partial charge < -0.3 is 49.1 Å². The summed E-state index contributed by atoms with van der Waals surface area (Å²) in [6.07, 6.45) is -0.280. The normalized spacial score (nSPS) is 13.4.